The van der Waals surface area contributed by atoms with Crippen LogP contribution in [0.15, 0.2) is 0 Å². The zero-order valence-electron chi connectivity index (χ0n) is 8.36. The van der Waals surface area contributed by atoms with Gasteiger partial charge in [-0.15, -0.1) is 12.4 Å². The quantitative estimate of drug-likeness (QED) is 0.540. The highest BCUT2D eigenvalue weighted by atomic mass is 35.5. The third kappa shape index (κ3) is 10.4. The Morgan fingerprint density at radius 3 is 2.31 bits per heavy atom. The van der Waals surface area contributed by atoms with E-state index >= 15 is 0 Å². The molecule has 1 unspecified atom stereocenters. The summed E-state index contributed by atoms with van der Waals surface area (Å²) in [5, 5.41) is 0. The maximum absolute atomic E-state index is 10.9. The van der Waals surface area contributed by atoms with Crippen LogP contribution in [-0.2, 0) is 9.09 Å². The van der Waals surface area contributed by atoms with Gasteiger partial charge in [0.05, 0.1) is 6.61 Å². The van der Waals surface area contributed by atoms with Crippen LogP contribution in [-0.4, -0.2) is 17.7 Å². The number of hydrogen-bond acceptors (Lipinski definition) is 2. The van der Waals surface area contributed by atoms with Gasteiger partial charge in [-0.25, -0.2) is 0 Å². The fourth-order valence-electron chi connectivity index (χ4n) is 0.827. The zero-order valence-corrected chi connectivity index (χ0v) is 10.1. The van der Waals surface area contributed by atoms with Gasteiger partial charge in [0.1, 0.15) is 0 Å². The van der Waals surface area contributed by atoms with Crippen molar-refractivity contribution in [2.45, 2.75) is 39.5 Å². The van der Waals surface area contributed by atoms with Crippen molar-refractivity contribution in [1.29, 1.82) is 0 Å². The van der Waals surface area contributed by atoms with Gasteiger partial charge in [0.15, 0.2) is 0 Å². The van der Waals surface area contributed by atoms with Gasteiger partial charge in [-0.3, -0.25) is 4.57 Å². The van der Waals surface area contributed by atoms with Crippen molar-refractivity contribution in [2.75, 3.05) is 12.8 Å². The topological polar surface area (TPSA) is 46.5 Å². The van der Waals surface area contributed by atoms with E-state index in [1.54, 1.807) is 6.92 Å². The van der Waals surface area contributed by atoms with E-state index in [1.807, 2.05) is 0 Å². The van der Waals surface area contributed by atoms with E-state index in [-0.39, 0.29) is 18.6 Å². The Morgan fingerprint density at radius 1 is 1.23 bits per heavy atom. The van der Waals surface area contributed by atoms with Gasteiger partial charge < -0.3 is 9.42 Å². The lowest BCUT2D eigenvalue weighted by Gasteiger charge is -2.08. The summed E-state index contributed by atoms with van der Waals surface area (Å²) < 4.78 is 15.8. The average Bonchev–Trinajstić information content (AvgIpc) is 2.04. The van der Waals surface area contributed by atoms with Crippen LogP contribution in [0, 0.1) is 0 Å². The van der Waals surface area contributed by atoms with Crippen molar-refractivity contribution in [3.05, 3.63) is 0 Å². The molecule has 0 aliphatic carbocycles. The van der Waals surface area contributed by atoms with Crippen molar-refractivity contribution >= 4 is 20.0 Å². The number of halogens is 1. The molecule has 0 heterocycles. The summed E-state index contributed by atoms with van der Waals surface area (Å²) in [5.74, 6) is 0. The van der Waals surface area contributed by atoms with Crippen LogP contribution in [0.2, 0.25) is 0 Å². The molecule has 0 aromatic heterocycles. The summed E-state index contributed by atoms with van der Waals surface area (Å²) in [4.78, 5) is 9.01. The van der Waals surface area contributed by atoms with E-state index in [9.17, 15) is 4.57 Å². The van der Waals surface area contributed by atoms with Gasteiger partial charge in [0.2, 0.25) is 0 Å². The number of rotatable bonds is 7. The second kappa shape index (κ2) is 9.01. The highest BCUT2D eigenvalue weighted by Gasteiger charge is 2.14. The highest BCUT2D eigenvalue weighted by Crippen LogP contribution is 2.40. The van der Waals surface area contributed by atoms with E-state index in [0.29, 0.717) is 6.61 Å². The first-order valence-electron chi connectivity index (χ1n) is 4.58. The minimum absolute atomic E-state index is 0. The Morgan fingerprint density at radius 2 is 1.85 bits per heavy atom. The van der Waals surface area contributed by atoms with Gasteiger partial charge in [0.25, 0.3) is 0 Å². The normalized spacial score (nSPS) is 14.7. The van der Waals surface area contributed by atoms with E-state index in [4.69, 9.17) is 9.42 Å². The maximum atomic E-state index is 10.9. The van der Waals surface area contributed by atoms with Crippen molar-refractivity contribution in [2.24, 2.45) is 0 Å². The minimum atomic E-state index is -3.22. The fourth-order valence-corrected chi connectivity index (χ4v) is 1.42. The van der Waals surface area contributed by atoms with Crippen molar-refractivity contribution < 1.29 is 14.0 Å². The number of unbranched alkanes of at least 4 members (excludes halogenated alkanes) is 3. The third-order valence-electron chi connectivity index (χ3n) is 1.69. The Kier molecular flexibility index (Phi) is 11.0. The molecule has 0 rings (SSSR count). The zero-order chi connectivity index (χ0) is 9.45. The van der Waals surface area contributed by atoms with Crippen molar-refractivity contribution in [1.82, 2.24) is 0 Å². The lowest BCUT2D eigenvalue weighted by molar-refractivity contribution is 0.254. The van der Waals surface area contributed by atoms with E-state index in [0.717, 1.165) is 12.8 Å². The fraction of sp³-hybridized carbons (Fsp3) is 1.00. The monoisotopic (exact) mass is 230 g/mol. The predicted octanol–water partition coefficient (Wildman–Crippen LogP) is 3.21. The average molecular weight is 231 g/mol. The first-order chi connectivity index (χ1) is 5.62. The highest BCUT2D eigenvalue weighted by molar-refractivity contribution is 7.52. The molecular weight excluding hydrogens is 211 g/mol. The SMILES string of the molecule is CCCCCCOP(=O)(O)CC.Cl. The number of hydrogen-bond donors (Lipinski definition) is 1. The largest absolute Gasteiger partial charge is 0.327 e. The molecule has 0 spiro atoms. The molecule has 3 nitrogen and oxygen atoms in total. The second-order valence-electron chi connectivity index (χ2n) is 2.85. The molecule has 1 N–H and O–H groups in total. The molecule has 0 aliphatic rings. The molecule has 0 aromatic carbocycles. The molecular formula is C8H20ClO3P. The molecule has 0 bridgehead atoms. The smallest absolute Gasteiger partial charge is 0.324 e. The molecule has 0 fully saturated rings. The lowest BCUT2D eigenvalue weighted by atomic mass is 10.2. The standard InChI is InChI=1S/C8H19O3P.ClH/c1-3-5-6-7-8-11-12(9,10)4-2;/h3-8H2,1-2H3,(H,9,10);1H. The Labute approximate surface area is 86.8 Å². The van der Waals surface area contributed by atoms with Gasteiger partial charge in [0, 0.05) is 6.16 Å². The molecule has 0 saturated carbocycles. The molecule has 0 radical (unpaired) electrons. The van der Waals surface area contributed by atoms with Gasteiger partial charge in [-0.1, -0.05) is 33.1 Å². The van der Waals surface area contributed by atoms with Crippen LogP contribution < -0.4 is 0 Å². The second-order valence-corrected chi connectivity index (χ2v) is 5.01. The Hall–Kier alpha value is 0.440. The van der Waals surface area contributed by atoms with Gasteiger partial charge >= 0.3 is 7.60 Å². The summed E-state index contributed by atoms with van der Waals surface area (Å²) in [6, 6.07) is 0. The summed E-state index contributed by atoms with van der Waals surface area (Å²) >= 11 is 0. The van der Waals surface area contributed by atoms with Crippen LogP contribution in [0.25, 0.3) is 0 Å². The minimum Gasteiger partial charge on any atom is -0.324 e. The van der Waals surface area contributed by atoms with Crippen molar-refractivity contribution in [3.8, 4) is 0 Å². The van der Waals surface area contributed by atoms with Crippen LogP contribution in [0.5, 0.6) is 0 Å². The molecule has 0 aliphatic heterocycles. The maximum Gasteiger partial charge on any atom is 0.327 e. The summed E-state index contributed by atoms with van der Waals surface area (Å²) in [6.45, 7) is 4.21. The first-order valence-corrected chi connectivity index (χ1v) is 6.35. The van der Waals surface area contributed by atoms with E-state index in [2.05, 4.69) is 6.92 Å². The first kappa shape index (κ1) is 15.9. The van der Waals surface area contributed by atoms with Crippen LogP contribution in [0.4, 0.5) is 0 Å². The van der Waals surface area contributed by atoms with Crippen LogP contribution in [0.1, 0.15) is 39.5 Å². The Balaban J connectivity index is 0. The summed E-state index contributed by atoms with van der Waals surface area (Å²) in [7, 11) is -3.22. The molecule has 5 heteroatoms. The molecule has 0 aromatic rings. The van der Waals surface area contributed by atoms with Crippen molar-refractivity contribution in [3.63, 3.8) is 0 Å². The van der Waals surface area contributed by atoms with Gasteiger partial charge in [-0.2, -0.15) is 0 Å². The molecule has 13 heavy (non-hydrogen) atoms. The third-order valence-corrected chi connectivity index (χ3v) is 3.08. The molecule has 82 valence electrons. The lowest BCUT2D eigenvalue weighted by Crippen LogP contribution is -1.94. The summed E-state index contributed by atoms with van der Waals surface area (Å²) in [5.41, 5.74) is 0. The summed E-state index contributed by atoms with van der Waals surface area (Å²) in [6.07, 6.45) is 4.52. The molecule has 0 saturated heterocycles. The molecule has 1 atom stereocenters. The van der Waals surface area contributed by atoms with E-state index < -0.39 is 7.60 Å². The predicted molar refractivity (Wildman–Crippen MR) is 57.7 cm³/mol. The van der Waals surface area contributed by atoms with Crippen LogP contribution >= 0.6 is 20.0 Å². The molecule has 0 amide bonds. The van der Waals surface area contributed by atoms with Crippen LogP contribution in [0.3, 0.4) is 0 Å². The Bertz CT molecular complexity index is 152. The van der Waals surface area contributed by atoms with Gasteiger partial charge in [-0.05, 0) is 6.42 Å². The van der Waals surface area contributed by atoms with E-state index in [1.165, 1.54) is 12.8 Å².